The summed E-state index contributed by atoms with van der Waals surface area (Å²) < 4.78 is 0. The van der Waals surface area contributed by atoms with E-state index in [9.17, 15) is 10.2 Å². The summed E-state index contributed by atoms with van der Waals surface area (Å²) in [5.41, 5.74) is -0.959. The molecule has 0 radical (unpaired) electrons. The van der Waals surface area contributed by atoms with E-state index in [1.165, 1.54) is 0 Å². The first-order valence-corrected chi connectivity index (χ1v) is 5.14. The van der Waals surface area contributed by atoms with Crippen molar-refractivity contribution >= 4 is 0 Å². The number of aliphatic hydroxyl groups excluding tert-OH is 1. The summed E-state index contributed by atoms with van der Waals surface area (Å²) in [6.45, 7) is 8.26. The Kier molecular flexibility index (Phi) is 1.54. The second kappa shape index (κ2) is 2.12. The van der Waals surface area contributed by atoms with Crippen LogP contribution in [0.4, 0.5) is 0 Å². The van der Waals surface area contributed by atoms with E-state index in [1.54, 1.807) is 0 Å². The van der Waals surface area contributed by atoms with Crippen molar-refractivity contribution in [2.24, 2.45) is 16.7 Å². The van der Waals surface area contributed by atoms with Crippen molar-refractivity contribution < 1.29 is 10.2 Å². The Morgan fingerprint density at radius 1 is 1.15 bits per heavy atom. The van der Waals surface area contributed by atoms with Gasteiger partial charge < -0.3 is 10.2 Å². The lowest BCUT2D eigenvalue weighted by Crippen LogP contribution is -2.51. The summed E-state index contributed by atoms with van der Waals surface area (Å²) in [5.74, 6) is 0.475. The molecule has 0 aromatic rings. The van der Waals surface area contributed by atoms with E-state index in [-0.39, 0.29) is 16.9 Å². The van der Waals surface area contributed by atoms with Gasteiger partial charge in [0.2, 0.25) is 0 Å². The highest BCUT2D eigenvalue weighted by Crippen LogP contribution is 2.69. The average Bonchev–Trinajstić information content (AvgIpc) is 2.18. The number of rotatable bonds is 0. The lowest BCUT2D eigenvalue weighted by molar-refractivity contribution is -0.133. The van der Waals surface area contributed by atoms with E-state index in [1.807, 2.05) is 13.8 Å². The zero-order valence-corrected chi connectivity index (χ0v) is 8.96. The summed E-state index contributed by atoms with van der Waals surface area (Å²) in [4.78, 5) is 0. The van der Waals surface area contributed by atoms with Gasteiger partial charge in [-0.3, -0.25) is 0 Å². The summed E-state index contributed by atoms with van der Waals surface area (Å²) in [5, 5.41) is 20.3. The highest BCUT2D eigenvalue weighted by molar-refractivity contribution is 5.19. The summed E-state index contributed by atoms with van der Waals surface area (Å²) >= 11 is 0. The Balaban J connectivity index is 2.52. The van der Waals surface area contributed by atoms with Gasteiger partial charge in [0.05, 0.1) is 11.7 Å². The van der Waals surface area contributed by atoms with Crippen molar-refractivity contribution in [1.29, 1.82) is 0 Å². The SMILES string of the molecule is CC1(O)CC2CC(O)C1(C)C2(C)C. The lowest BCUT2D eigenvalue weighted by Gasteiger charge is -2.45. The van der Waals surface area contributed by atoms with Crippen LogP contribution in [0.2, 0.25) is 0 Å². The molecule has 2 N–H and O–H groups in total. The van der Waals surface area contributed by atoms with E-state index in [0.29, 0.717) is 5.92 Å². The van der Waals surface area contributed by atoms with Crippen LogP contribution in [0.25, 0.3) is 0 Å². The molecule has 4 unspecified atom stereocenters. The molecule has 13 heavy (non-hydrogen) atoms. The smallest absolute Gasteiger partial charge is 0.0705 e. The molecule has 76 valence electrons. The molecular formula is C11H20O2. The van der Waals surface area contributed by atoms with Gasteiger partial charge >= 0.3 is 0 Å². The Morgan fingerprint density at radius 2 is 1.69 bits per heavy atom. The predicted octanol–water partition coefficient (Wildman–Crippen LogP) is 1.55. The van der Waals surface area contributed by atoms with E-state index >= 15 is 0 Å². The molecule has 0 amide bonds. The third kappa shape index (κ3) is 0.774. The normalized spacial score (nSPS) is 58.6. The third-order valence-electron chi connectivity index (χ3n) is 5.30. The van der Waals surface area contributed by atoms with Crippen molar-refractivity contribution in [2.45, 2.75) is 52.2 Å². The molecule has 0 aromatic carbocycles. The van der Waals surface area contributed by atoms with Crippen LogP contribution in [0.5, 0.6) is 0 Å². The van der Waals surface area contributed by atoms with Crippen LogP contribution in [0, 0.1) is 16.7 Å². The van der Waals surface area contributed by atoms with Crippen LogP contribution in [0.3, 0.4) is 0 Å². The molecule has 0 aliphatic heterocycles. The standard InChI is InChI=1S/C11H20O2/c1-9(2)7-5-8(12)11(9,4)10(3,13)6-7/h7-8,12-13H,5-6H2,1-4H3. The molecule has 2 fully saturated rings. The number of hydrogen-bond donors (Lipinski definition) is 2. The summed E-state index contributed by atoms with van der Waals surface area (Å²) in [6.07, 6.45) is 1.36. The fourth-order valence-electron chi connectivity index (χ4n) is 3.74. The zero-order valence-electron chi connectivity index (χ0n) is 8.96. The Labute approximate surface area is 80.0 Å². The van der Waals surface area contributed by atoms with Gasteiger partial charge in [0.1, 0.15) is 0 Å². The monoisotopic (exact) mass is 184 g/mol. The van der Waals surface area contributed by atoms with E-state index in [4.69, 9.17) is 0 Å². The number of hydrogen-bond acceptors (Lipinski definition) is 2. The molecular weight excluding hydrogens is 164 g/mol. The molecule has 0 saturated heterocycles. The fraction of sp³-hybridized carbons (Fsp3) is 1.00. The third-order valence-corrected chi connectivity index (χ3v) is 5.30. The molecule has 2 bridgehead atoms. The highest BCUT2D eigenvalue weighted by Gasteiger charge is 2.70. The minimum atomic E-state index is -0.696. The number of fused-ring (bicyclic) bond motifs is 2. The Bertz CT molecular complexity index is 244. The van der Waals surface area contributed by atoms with Crippen LogP contribution in [-0.2, 0) is 0 Å². The quantitative estimate of drug-likeness (QED) is 0.599. The van der Waals surface area contributed by atoms with Crippen LogP contribution >= 0.6 is 0 Å². The lowest BCUT2D eigenvalue weighted by atomic mass is 9.64. The van der Waals surface area contributed by atoms with Crippen LogP contribution < -0.4 is 0 Å². The largest absolute Gasteiger partial charge is 0.392 e. The maximum Gasteiger partial charge on any atom is 0.0705 e. The second-order valence-electron chi connectivity index (χ2n) is 5.85. The van der Waals surface area contributed by atoms with E-state index < -0.39 is 5.60 Å². The molecule has 4 atom stereocenters. The summed E-state index contributed by atoms with van der Waals surface area (Å²) in [7, 11) is 0. The minimum Gasteiger partial charge on any atom is -0.392 e. The zero-order chi connectivity index (χ0) is 10.1. The minimum absolute atomic E-state index is 0.0654. The van der Waals surface area contributed by atoms with Gasteiger partial charge in [-0.15, -0.1) is 0 Å². The van der Waals surface area contributed by atoms with Crippen LogP contribution in [0.15, 0.2) is 0 Å². The second-order valence-corrected chi connectivity index (χ2v) is 5.85. The molecule has 0 aromatic heterocycles. The molecule has 2 heteroatoms. The van der Waals surface area contributed by atoms with Crippen molar-refractivity contribution in [3.8, 4) is 0 Å². The fourth-order valence-corrected chi connectivity index (χ4v) is 3.74. The first kappa shape index (κ1) is 9.47. The first-order chi connectivity index (χ1) is 5.73. The highest BCUT2D eigenvalue weighted by atomic mass is 16.3. The maximum atomic E-state index is 10.3. The molecule has 2 aliphatic carbocycles. The van der Waals surface area contributed by atoms with Gasteiger partial charge in [-0.2, -0.15) is 0 Å². The van der Waals surface area contributed by atoms with Gasteiger partial charge in [-0.25, -0.2) is 0 Å². The van der Waals surface area contributed by atoms with Gasteiger partial charge in [0.15, 0.2) is 0 Å². The van der Waals surface area contributed by atoms with Gasteiger partial charge in [0, 0.05) is 5.41 Å². The van der Waals surface area contributed by atoms with E-state index in [0.717, 1.165) is 12.8 Å². The van der Waals surface area contributed by atoms with Gasteiger partial charge in [0.25, 0.3) is 0 Å². The Morgan fingerprint density at radius 3 is 1.92 bits per heavy atom. The van der Waals surface area contributed by atoms with Crippen molar-refractivity contribution in [1.82, 2.24) is 0 Å². The summed E-state index contributed by atoms with van der Waals surface area (Å²) in [6, 6.07) is 0. The Hall–Kier alpha value is -0.0800. The molecule has 0 spiro atoms. The van der Waals surface area contributed by atoms with Crippen molar-refractivity contribution in [3.63, 3.8) is 0 Å². The first-order valence-electron chi connectivity index (χ1n) is 5.14. The molecule has 2 saturated carbocycles. The maximum absolute atomic E-state index is 10.3. The molecule has 2 nitrogen and oxygen atoms in total. The van der Waals surface area contributed by atoms with Crippen LogP contribution in [-0.4, -0.2) is 21.9 Å². The molecule has 0 heterocycles. The average molecular weight is 184 g/mol. The molecule has 2 aliphatic rings. The van der Waals surface area contributed by atoms with Crippen molar-refractivity contribution in [3.05, 3.63) is 0 Å². The number of aliphatic hydroxyl groups is 2. The topological polar surface area (TPSA) is 40.5 Å². The van der Waals surface area contributed by atoms with Crippen LogP contribution in [0.1, 0.15) is 40.5 Å². The van der Waals surface area contributed by atoms with Crippen molar-refractivity contribution in [2.75, 3.05) is 0 Å². The van der Waals surface area contributed by atoms with Gasteiger partial charge in [-0.05, 0) is 31.1 Å². The van der Waals surface area contributed by atoms with E-state index in [2.05, 4.69) is 13.8 Å². The van der Waals surface area contributed by atoms with Gasteiger partial charge in [-0.1, -0.05) is 20.8 Å². The molecule has 2 rings (SSSR count). The predicted molar refractivity (Wildman–Crippen MR) is 51.2 cm³/mol.